The molecule has 0 aliphatic heterocycles. The summed E-state index contributed by atoms with van der Waals surface area (Å²) < 4.78 is 23.8. The van der Waals surface area contributed by atoms with Crippen LogP contribution in [-0.2, 0) is 0 Å². The molecule has 0 saturated carbocycles. The quantitative estimate of drug-likeness (QED) is 0.937. The summed E-state index contributed by atoms with van der Waals surface area (Å²) in [5.74, 6) is 0.409. The molecule has 3 nitrogen and oxygen atoms in total. The fraction of sp³-hybridized carbons (Fsp3) is 0.200. The van der Waals surface area contributed by atoms with E-state index in [1.165, 1.54) is 32.4 Å². The average Bonchev–Trinajstić information content (AvgIpc) is 2.48. The fourth-order valence-corrected chi connectivity index (χ4v) is 2.25. The van der Waals surface area contributed by atoms with E-state index in [4.69, 9.17) is 21.1 Å². The molecule has 20 heavy (non-hydrogen) atoms. The van der Waals surface area contributed by atoms with Crippen molar-refractivity contribution in [1.29, 1.82) is 0 Å². The second-order valence-electron chi connectivity index (χ2n) is 4.14. The Morgan fingerprint density at radius 3 is 2.25 bits per heavy atom. The largest absolute Gasteiger partial charge is 0.496 e. The van der Waals surface area contributed by atoms with Crippen LogP contribution in [0.3, 0.4) is 0 Å². The van der Waals surface area contributed by atoms with E-state index < -0.39 is 11.9 Å². The molecular formula is C15H14ClFO3. The van der Waals surface area contributed by atoms with E-state index in [-0.39, 0.29) is 10.6 Å². The summed E-state index contributed by atoms with van der Waals surface area (Å²) in [6.45, 7) is 0. The Balaban J connectivity index is 2.58. The van der Waals surface area contributed by atoms with Crippen LogP contribution in [0.1, 0.15) is 17.2 Å². The number of halogens is 2. The summed E-state index contributed by atoms with van der Waals surface area (Å²) in [4.78, 5) is 0. The molecule has 0 spiro atoms. The molecule has 0 aliphatic rings. The molecule has 1 atom stereocenters. The number of ether oxygens (including phenoxy) is 2. The molecule has 106 valence electrons. The normalized spacial score (nSPS) is 12.1. The highest BCUT2D eigenvalue weighted by Gasteiger charge is 2.22. The van der Waals surface area contributed by atoms with Gasteiger partial charge in [-0.2, -0.15) is 0 Å². The maximum absolute atomic E-state index is 13.4. The zero-order valence-corrected chi connectivity index (χ0v) is 11.8. The van der Waals surface area contributed by atoms with Crippen LogP contribution in [-0.4, -0.2) is 19.3 Å². The predicted molar refractivity (Wildman–Crippen MR) is 75.0 cm³/mol. The van der Waals surface area contributed by atoms with Crippen LogP contribution in [0, 0.1) is 5.82 Å². The Hall–Kier alpha value is -1.78. The number of aliphatic hydroxyl groups excluding tert-OH is 1. The molecular weight excluding hydrogens is 283 g/mol. The molecule has 2 aromatic carbocycles. The first kappa shape index (κ1) is 14.6. The number of methoxy groups -OCH3 is 2. The van der Waals surface area contributed by atoms with Crippen molar-refractivity contribution < 1.29 is 19.0 Å². The van der Waals surface area contributed by atoms with Gasteiger partial charge < -0.3 is 14.6 Å². The molecule has 0 fully saturated rings. The van der Waals surface area contributed by atoms with Crippen molar-refractivity contribution in [3.8, 4) is 11.5 Å². The lowest BCUT2D eigenvalue weighted by Gasteiger charge is -2.19. The number of benzene rings is 2. The molecule has 2 rings (SSSR count). The smallest absolute Gasteiger partial charge is 0.128 e. The highest BCUT2D eigenvalue weighted by molar-refractivity contribution is 6.31. The fourth-order valence-electron chi connectivity index (χ4n) is 2.03. The first-order chi connectivity index (χ1) is 9.58. The molecule has 0 heterocycles. The van der Waals surface area contributed by atoms with Crippen molar-refractivity contribution in [2.24, 2.45) is 0 Å². The summed E-state index contributed by atoms with van der Waals surface area (Å²) >= 11 is 6.02. The van der Waals surface area contributed by atoms with Gasteiger partial charge in [-0.1, -0.05) is 17.7 Å². The molecule has 0 saturated heterocycles. The summed E-state index contributed by atoms with van der Waals surface area (Å²) in [5, 5.41) is 10.8. The molecule has 2 aromatic rings. The van der Waals surface area contributed by atoms with Gasteiger partial charge in [-0.3, -0.25) is 0 Å². The second kappa shape index (κ2) is 6.11. The molecule has 1 N–H and O–H groups in total. The third-order valence-corrected chi connectivity index (χ3v) is 3.34. The minimum absolute atomic E-state index is 0.259. The first-order valence-corrected chi connectivity index (χ1v) is 6.30. The minimum Gasteiger partial charge on any atom is -0.496 e. The van der Waals surface area contributed by atoms with Crippen LogP contribution in [0.4, 0.5) is 4.39 Å². The van der Waals surface area contributed by atoms with Gasteiger partial charge >= 0.3 is 0 Å². The summed E-state index contributed by atoms with van der Waals surface area (Å²) in [7, 11) is 2.97. The molecule has 1 unspecified atom stereocenters. The minimum atomic E-state index is -1.15. The number of aliphatic hydroxyl groups is 1. The van der Waals surface area contributed by atoms with E-state index in [0.29, 0.717) is 17.1 Å². The maximum Gasteiger partial charge on any atom is 0.128 e. The van der Waals surface area contributed by atoms with E-state index in [9.17, 15) is 9.50 Å². The van der Waals surface area contributed by atoms with Crippen LogP contribution in [0.2, 0.25) is 5.02 Å². The highest BCUT2D eigenvalue weighted by Crippen LogP contribution is 2.39. The van der Waals surface area contributed by atoms with Gasteiger partial charge in [0.05, 0.1) is 19.8 Å². The van der Waals surface area contributed by atoms with Gasteiger partial charge in [0.2, 0.25) is 0 Å². The topological polar surface area (TPSA) is 38.7 Å². The van der Waals surface area contributed by atoms with Crippen molar-refractivity contribution in [2.45, 2.75) is 6.10 Å². The van der Waals surface area contributed by atoms with Crippen molar-refractivity contribution in [3.63, 3.8) is 0 Å². The van der Waals surface area contributed by atoms with Crippen LogP contribution in [0.15, 0.2) is 36.4 Å². The third kappa shape index (κ3) is 2.71. The monoisotopic (exact) mass is 296 g/mol. The molecule has 0 radical (unpaired) electrons. The zero-order chi connectivity index (χ0) is 14.7. The summed E-state index contributed by atoms with van der Waals surface area (Å²) in [6.07, 6.45) is -1.15. The van der Waals surface area contributed by atoms with Crippen LogP contribution in [0.25, 0.3) is 0 Å². The van der Waals surface area contributed by atoms with E-state index >= 15 is 0 Å². The molecule has 0 aliphatic carbocycles. The Bertz CT molecular complexity index is 594. The third-order valence-electron chi connectivity index (χ3n) is 2.99. The SMILES string of the molecule is COc1cccc(OC)c1C(O)c1cc(F)ccc1Cl. The number of hydrogen-bond acceptors (Lipinski definition) is 3. The lowest BCUT2D eigenvalue weighted by Crippen LogP contribution is -2.06. The van der Waals surface area contributed by atoms with Gasteiger partial charge in [-0.25, -0.2) is 4.39 Å². The van der Waals surface area contributed by atoms with Gasteiger partial charge in [-0.15, -0.1) is 0 Å². The number of rotatable bonds is 4. The molecule has 5 heteroatoms. The predicted octanol–water partition coefficient (Wildman–Crippen LogP) is 3.58. The van der Waals surface area contributed by atoms with Crippen molar-refractivity contribution in [3.05, 3.63) is 58.4 Å². The van der Waals surface area contributed by atoms with Gasteiger partial charge in [0.15, 0.2) is 0 Å². The standard InChI is InChI=1S/C15H14ClFO3/c1-19-12-4-3-5-13(20-2)14(12)15(18)10-8-9(17)6-7-11(10)16/h3-8,15,18H,1-2H3. The van der Waals surface area contributed by atoms with E-state index in [1.807, 2.05) is 0 Å². The molecule has 0 bridgehead atoms. The summed E-state index contributed by atoms with van der Waals surface area (Å²) in [5.41, 5.74) is 0.666. The zero-order valence-electron chi connectivity index (χ0n) is 11.1. The Morgan fingerprint density at radius 2 is 1.70 bits per heavy atom. The van der Waals surface area contributed by atoms with E-state index in [0.717, 1.165) is 0 Å². The highest BCUT2D eigenvalue weighted by atomic mass is 35.5. The number of hydrogen-bond donors (Lipinski definition) is 1. The van der Waals surface area contributed by atoms with Gasteiger partial charge in [0, 0.05) is 10.6 Å². The first-order valence-electron chi connectivity index (χ1n) is 5.92. The van der Waals surface area contributed by atoms with Gasteiger partial charge in [-0.05, 0) is 30.3 Å². The van der Waals surface area contributed by atoms with Crippen molar-refractivity contribution >= 4 is 11.6 Å². The van der Waals surface area contributed by atoms with E-state index in [1.54, 1.807) is 18.2 Å². The molecule has 0 amide bonds. The Labute approximate surface area is 121 Å². The van der Waals surface area contributed by atoms with Gasteiger partial charge in [0.1, 0.15) is 23.4 Å². The average molecular weight is 297 g/mol. The second-order valence-corrected chi connectivity index (χ2v) is 4.55. The lowest BCUT2D eigenvalue weighted by molar-refractivity contribution is 0.208. The molecule has 0 aromatic heterocycles. The summed E-state index contributed by atoms with van der Waals surface area (Å²) in [6, 6.07) is 8.94. The lowest BCUT2D eigenvalue weighted by atomic mass is 9.99. The van der Waals surface area contributed by atoms with Crippen LogP contribution in [0.5, 0.6) is 11.5 Å². The Morgan fingerprint density at radius 1 is 1.10 bits per heavy atom. The van der Waals surface area contributed by atoms with E-state index in [2.05, 4.69) is 0 Å². The van der Waals surface area contributed by atoms with Crippen molar-refractivity contribution in [1.82, 2.24) is 0 Å². The van der Waals surface area contributed by atoms with Gasteiger partial charge in [0.25, 0.3) is 0 Å². The van der Waals surface area contributed by atoms with Crippen LogP contribution < -0.4 is 9.47 Å². The Kier molecular flexibility index (Phi) is 4.47. The van der Waals surface area contributed by atoms with Crippen molar-refractivity contribution in [2.75, 3.05) is 14.2 Å². The maximum atomic E-state index is 13.4. The van der Waals surface area contributed by atoms with Crippen LogP contribution >= 0.6 is 11.6 Å².